The molecule has 0 fully saturated rings. The number of ether oxygens (including phenoxy) is 1. The summed E-state index contributed by atoms with van der Waals surface area (Å²) in [7, 11) is 1.66. The minimum atomic E-state index is 0.474. The fraction of sp³-hybridized carbons (Fsp3) is 0.176. The molecule has 0 bridgehead atoms. The third-order valence-electron chi connectivity index (χ3n) is 3.81. The van der Waals surface area contributed by atoms with Crippen LogP contribution in [0.2, 0.25) is 5.15 Å². The minimum absolute atomic E-state index is 0.474. The molecular weight excluding hydrogens is 358 g/mol. The molecule has 2 aromatic heterocycles. The zero-order valence-electron chi connectivity index (χ0n) is 13.4. The monoisotopic (exact) mass is 371 g/mol. The normalized spacial score (nSPS) is 13.3. The second-order valence-corrected chi connectivity index (χ2v) is 6.77. The van der Waals surface area contributed by atoms with Crippen molar-refractivity contribution in [1.29, 1.82) is 0 Å². The van der Waals surface area contributed by atoms with Crippen LogP contribution in [0.3, 0.4) is 0 Å². The molecule has 0 saturated carbocycles. The maximum atomic E-state index is 5.84. The van der Waals surface area contributed by atoms with Gasteiger partial charge in [0.25, 0.3) is 0 Å². The van der Waals surface area contributed by atoms with Crippen LogP contribution in [0.5, 0.6) is 5.75 Å². The number of hydrogen-bond acceptors (Lipinski definition) is 6. The molecule has 0 amide bonds. The third kappa shape index (κ3) is 3.38. The highest BCUT2D eigenvalue weighted by molar-refractivity contribution is 7.99. The zero-order valence-corrected chi connectivity index (χ0v) is 15.0. The van der Waals surface area contributed by atoms with E-state index in [2.05, 4.69) is 15.2 Å². The number of benzene rings is 1. The Morgan fingerprint density at radius 1 is 1.16 bits per heavy atom. The number of pyridine rings is 1. The Morgan fingerprint density at radius 3 is 2.72 bits per heavy atom. The van der Waals surface area contributed by atoms with Gasteiger partial charge in [0.15, 0.2) is 5.82 Å². The van der Waals surface area contributed by atoms with Gasteiger partial charge in [-0.3, -0.25) is 0 Å². The summed E-state index contributed by atoms with van der Waals surface area (Å²) < 4.78 is 7.02. The van der Waals surface area contributed by atoms with E-state index in [1.807, 2.05) is 35.0 Å². The summed E-state index contributed by atoms with van der Waals surface area (Å²) >= 11 is 7.47. The lowest BCUT2D eigenvalue weighted by molar-refractivity contribution is 0.415. The Hall–Kier alpha value is -2.38. The maximum Gasteiger partial charge on any atom is 0.212 e. The Labute approximate surface area is 153 Å². The molecule has 1 aliphatic rings. The molecule has 6 nitrogen and oxygen atoms in total. The first-order chi connectivity index (χ1) is 12.2. The van der Waals surface area contributed by atoms with E-state index in [4.69, 9.17) is 21.4 Å². The van der Waals surface area contributed by atoms with Gasteiger partial charge in [-0.15, -0.1) is 10.2 Å². The van der Waals surface area contributed by atoms with Crippen LogP contribution in [0.15, 0.2) is 52.9 Å². The fourth-order valence-corrected chi connectivity index (χ4v) is 3.47. The first kappa shape index (κ1) is 16.1. The van der Waals surface area contributed by atoms with E-state index in [0.29, 0.717) is 11.6 Å². The largest absolute Gasteiger partial charge is 0.497 e. The number of methoxy groups -OCH3 is 1. The molecule has 4 rings (SSSR count). The van der Waals surface area contributed by atoms with Gasteiger partial charge in [-0.05, 0) is 41.5 Å². The van der Waals surface area contributed by atoms with Gasteiger partial charge in [0.1, 0.15) is 10.9 Å². The van der Waals surface area contributed by atoms with Gasteiger partial charge < -0.3 is 4.74 Å². The number of hydrogen-bond donors (Lipinski definition) is 0. The van der Waals surface area contributed by atoms with Crippen LogP contribution in [0.1, 0.15) is 17.0 Å². The average Bonchev–Trinajstić information content (AvgIpc) is 3.06. The molecule has 0 radical (unpaired) electrons. The summed E-state index contributed by atoms with van der Waals surface area (Å²) in [5.74, 6) is 2.36. The summed E-state index contributed by atoms with van der Waals surface area (Å²) in [6.45, 7) is 0. The van der Waals surface area contributed by atoms with E-state index in [1.54, 1.807) is 31.1 Å². The Kier molecular flexibility index (Phi) is 4.42. The number of fused-ring (bicyclic) bond motifs is 1. The van der Waals surface area contributed by atoms with Gasteiger partial charge in [-0.2, -0.15) is 9.78 Å². The van der Waals surface area contributed by atoms with Crippen molar-refractivity contribution in [3.63, 3.8) is 0 Å². The quantitative estimate of drug-likeness (QED) is 0.658. The highest BCUT2D eigenvalue weighted by atomic mass is 35.5. The fourth-order valence-electron chi connectivity index (χ4n) is 2.50. The van der Waals surface area contributed by atoms with Crippen molar-refractivity contribution in [1.82, 2.24) is 19.9 Å². The van der Waals surface area contributed by atoms with E-state index in [9.17, 15) is 0 Å². The molecule has 0 aliphatic carbocycles. The molecule has 25 heavy (non-hydrogen) atoms. The molecule has 0 atom stereocenters. The third-order valence-corrected chi connectivity index (χ3v) is 4.96. The predicted molar refractivity (Wildman–Crippen MR) is 97.7 cm³/mol. The first-order valence-electron chi connectivity index (χ1n) is 7.63. The molecule has 1 aliphatic heterocycles. The molecule has 0 N–H and O–H groups in total. The lowest BCUT2D eigenvalue weighted by Crippen LogP contribution is -2.14. The lowest BCUT2D eigenvalue weighted by atomic mass is 10.1. The van der Waals surface area contributed by atoms with Crippen molar-refractivity contribution in [3.05, 3.63) is 64.7 Å². The minimum Gasteiger partial charge on any atom is -0.497 e. The van der Waals surface area contributed by atoms with Crippen molar-refractivity contribution in [2.24, 2.45) is 5.10 Å². The molecular formula is C17H14ClN5OS. The highest BCUT2D eigenvalue weighted by Crippen LogP contribution is 2.25. The van der Waals surface area contributed by atoms with Crippen LogP contribution in [-0.4, -0.2) is 38.4 Å². The molecule has 126 valence electrons. The second kappa shape index (κ2) is 6.85. The molecule has 1 aromatic carbocycles. The summed E-state index contributed by atoms with van der Waals surface area (Å²) in [6.07, 6.45) is 2.34. The second-order valence-electron chi connectivity index (χ2n) is 5.44. The van der Waals surface area contributed by atoms with Crippen LogP contribution in [0.25, 0.3) is 0 Å². The molecule has 3 heterocycles. The van der Waals surface area contributed by atoms with Gasteiger partial charge >= 0.3 is 0 Å². The average molecular weight is 372 g/mol. The molecule has 0 saturated heterocycles. The van der Waals surface area contributed by atoms with Crippen LogP contribution in [-0.2, 0) is 6.42 Å². The smallest absolute Gasteiger partial charge is 0.212 e. The molecule has 3 aromatic rings. The Balaban J connectivity index is 1.63. The van der Waals surface area contributed by atoms with Crippen LogP contribution < -0.4 is 4.74 Å². The topological polar surface area (TPSA) is 65.2 Å². The van der Waals surface area contributed by atoms with E-state index in [-0.39, 0.29) is 0 Å². The Morgan fingerprint density at radius 2 is 2.00 bits per heavy atom. The molecule has 8 heteroatoms. The number of nitrogens with zero attached hydrogens (tertiary/aromatic N) is 5. The highest BCUT2D eigenvalue weighted by Gasteiger charge is 2.20. The standard InChI is InChI=1S/C17H14ClN5OS/c1-24-13-5-3-12(4-6-13)14-10-25-17-21-20-16(23(17)22-14)8-11-2-7-15(18)19-9-11/h2-7,9H,8,10H2,1H3. The number of halogens is 1. The van der Waals surface area contributed by atoms with Gasteiger partial charge in [-0.1, -0.05) is 29.4 Å². The zero-order chi connectivity index (χ0) is 17.2. The maximum absolute atomic E-state index is 5.84. The van der Waals surface area contributed by atoms with E-state index in [0.717, 1.165) is 39.3 Å². The first-order valence-corrected chi connectivity index (χ1v) is 8.99. The van der Waals surface area contributed by atoms with Gasteiger partial charge in [-0.25, -0.2) is 4.98 Å². The van der Waals surface area contributed by atoms with Crippen molar-refractivity contribution < 1.29 is 4.74 Å². The molecule has 0 unspecified atom stereocenters. The lowest BCUT2D eigenvalue weighted by Gasteiger charge is -2.14. The predicted octanol–water partition coefficient (Wildman–Crippen LogP) is 3.28. The number of thioether (sulfide) groups is 1. The van der Waals surface area contributed by atoms with Crippen LogP contribution in [0, 0.1) is 0 Å². The number of rotatable bonds is 4. The van der Waals surface area contributed by atoms with Crippen LogP contribution >= 0.6 is 23.4 Å². The van der Waals surface area contributed by atoms with Gasteiger partial charge in [0.2, 0.25) is 5.16 Å². The van der Waals surface area contributed by atoms with Crippen molar-refractivity contribution in [2.75, 3.05) is 12.9 Å². The Bertz CT molecular complexity index is 921. The summed E-state index contributed by atoms with van der Waals surface area (Å²) in [5.41, 5.74) is 3.05. The van der Waals surface area contributed by atoms with E-state index >= 15 is 0 Å². The summed E-state index contributed by atoms with van der Waals surface area (Å²) in [6, 6.07) is 11.6. The van der Waals surface area contributed by atoms with Crippen molar-refractivity contribution in [3.8, 4) is 5.75 Å². The van der Waals surface area contributed by atoms with Gasteiger partial charge in [0.05, 0.1) is 12.8 Å². The van der Waals surface area contributed by atoms with Gasteiger partial charge in [0, 0.05) is 18.4 Å². The molecule has 0 spiro atoms. The van der Waals surface area contributed by atoms with Crippen molar-refractivity contribution in [2.45, 2.75) is 11.6 Å². The van der Waals surface area contributed by atoms with Crippen LogP contribution in [0.4, 0.5) is 0 Å². The van der Waals surface area contributed by atoms with Crippen molar-refractivity contribution >= 4 is 29.1 Å². The summed E-state index contributed by atoms with van der Waals surface area (Å²) in [4.78, 5) is 4.11. The summed E-state index contributed by atoms with van der Waals surface area (Å²) in [5, 5.41) is 14.5. The van der Waals surface area contributed by atoms with E-state index in [1.165, 1.54) is 0 Å². The SMILES string of the molecule is COc1ccc(C2=Nn3c(Cc4ccc(Cl)nc4)nnc3SC2)cc1. The van der Waals surface area contributed by atoms with E-state index < -0.39 is 0 Å². The number of aromatic nitrogens is 4.